The van der Waals surface area contributed by atoms with Crippen LogP contribution in [0.1, 0.15) is 11.4 Å². The van der Waals surface area contributed by atoms with Crippen molar-refractivity contribution >= 4 is 28.3 Å². The van der Waals surface area contributed by atoms with Crippen molar-refractivity contribution < 1.29 is 0 Å². The maximum atomic E-state index is 6.13. The number of aromatic nitrogens is 2. The van der Waals surface area contributed by atoms with Gasteiger partial charge in [0.05, 0.1) is 11.0 Å². The Labute approximate surface area is 116 Å². The normalized spacial score (nSPS) is 10.8. The van der Waals surface area contributed by atoms with E-state index < -0.39 is 0 Å². The summed E-state index contributed by atoms with van der Waals surface area (Å²) in [7, 11) is 0. The van der Waals surface area contributed by atoms with Crippen molar-refractivity contribution in [3.63, 3.8) is 0 Å². The molecule has 0 unspecified atom stereocenters. The average Bonchev–Trinajstić information content (AvgIpc) is 2.77. The Hall–Kier alpha value is -2.00. The topological polar surface area (TPSA) is 40.7 Å². The van der Waals surface area contributed by atoms with Crippen molar-refractivity contribution in [2.45, 2.75) is 13.5 Å². The minimum Gasteiger partial charge on any atom is -0.381 e. The summed E-state index contributed by atoms with van der Waals surface area (Å²) >= 11 is 6.13. The first-order valence-electron chi connectivity index (χ1n) is 6.16. The van der Waals surface area contributed by atoms with Crippen molar-refractivity contribution in [2.24, 2.45) is 0 Å². The molecule has 1 heterocycles. The average molecular weight is 272 g/mol. The quantitative estimate of drug-likeness (QED) is 0.752. The summed E-state index contributed by atoms with van der Waals surface area (Å²) in [5, 5.41) is 4.16. The van der Waals surface area contributed by atoms with Crippen LogP contribution in [0, 0.1) is 6.92 Å². The Morgan fingerprint density at radius 1 is 1.21 bits per heavy atom. The number of halogens is 1. The molecule has 0 fully saturated rings. The largest absolute Gasteiger partial charge is 0.381 e. The monoisotopic (exact) mass is 271 g/mol. The highest BCUT2D eigenvalue weighted by Crippen LogP contribution is 2.20. The lowest BCUT2D eigenvalue weighted by Gasteiger charge is -2.07. The molecule has 3 rings (SSSR count). The molecule has 1 aromatic heterocycles. The number of imidazole rings is 1. The molecule has 0 bridgehead atoms. The molecule has 0 amide bonds. The second-order valence-electron chi connectivity index (χ2n) is 4.50. The maximum Gasteiger partial charge on any atom is 0.104 e. The van der Waals surface area contributed by atoms with Gasteiger partial charge in [0.15, 0.2) is 0 Å². The molecule has 0 spiro atoms. The smallest absolute Gasteiger partial charge is 0.104 e. The van der Waals surface area contributed by atoms with Gasteiger partial charge in [-0.15, -0.1) is 0 Å². The Bertz CT molecular complexity index is 718. The summed E-state index contributed by atoms with van der Waals surface area (Å²) in [6.07, 6.45) is 0. The van der Waals surface area contributed by atoms with E-state index in [-0.39, 0.29) is 0 Å². The van der Waals surface area contributed by atoms with Gasteiger partial charge in [0.1, 0.15) is 5.82 Å². The second-order valence-corrected chi connectivity index (χ2v) is 4.91. The third-order valence-corrected chi connectivity index (χ3v) is 3.41. The van der Waals surface area contributed by atoms with Crippen LogP contribution in [0.2, 0.25) is 5.02 Å². The number of aryl methyl sites for hydroxylation is 1. The summed E-state index contributed by atoms with van der Waals surface area (Å²) in [4.78, 5) is 7.61. The molecule has 4 heteroatoms. The number of rotatable bonds is 3. The lowest BCUT2D eigenvalue weighted by Crippen LogP contribution is -1.99. The van der Waals surface area contributed by atoms with Gasteiger partial charge in [-0.3, -0.25) is 0 Å². The molecular weight excluding hydrogens is 258 g/mol. The van der Waals surface area contributed by atoms with E-state index in [2.05, 4.69) is 21.4 Å². The standard InChI is InChI=1S/C15H14ClN3/c1-10-18-14-7-6-12(8-15(14)19-10)17-9-11-4-2-3-5-13(11)16/h2-8,17H,9H2,1H3,(H,18,19). The van der Waals surface area contributed by atoms with E-state index in [9.17, 15) is 0 Å². The molecule has 0 aliphatic rings. The Morgan fingerprint density at radius 2 is 2.05 bits per heavy atom. The number of benzene rings is 2. The predicted octanol–water partition coefficient (Wildman–Crippen LogP) is 4.14. The van der Waals surface area contributed by atoms with Gasteiger partial charge in [-0.2, -0.15) is 0 Å². The minimum atomic E-state index is 0.707. The molecular formula is C15H14ClN3. The molecule has 0 saturated carbocycles. The van der Waals surface area contributed by atoms with Crippen LogP contribution in [0.15, 0.2) is 42.5 Å². The molecule has 3 nitrogen and oxygen atoms in total. The predicted molar refractivity (Wildman–Crippen MR) is 79.6 cm³/mol. The zero-order chi connectivity index (χ0) is 13.2. The molecule has 0 radical (unpaired) electrons. The fraction of sp³-hybridized carbons (Fsp3) is 0.133. The summed E-state index contributed by atoms with van der Waals surface area (Å²) in [5.74, 6) is 0.929. The summed E-state index contributed by atoms with van der Waals surface area (Å²) in [5.41, 5.74) is 4.17. The number of fused-ring (bicyclic) bond motifs is 1. The Morgan fingerprint density at radius 3 is 2.89 bits per heavy atom. The van der Waals surface area contributed by atoms with Gasteiger partial charge in [-0.05, 0) is 36.8 Å². The summed E-state index contributed by atoms with van der Waals surface area (Å²) < 4.78 is 0. The lowest BCUT2D eigenvalue weighted by molar-refractivity contribution is 1.15. The third-order valence-electron chi connectivity index (χ3n) is 3.04. The van der Waals surface area contributed by atoms with Gasteiger partial charge in [-0.1, -0.05) is 29.8 Å². The number of nitrogens with one attached hydrogen (secondary N) is 2. The SMILES string of the molecule is Cc1nc2ccc(NCc3ccccc3Cl)cc2[nH]1. The molecule has 19 heavy (non-hydrogen) atoms. The van der Waals surface area contributed by atoms with Crippen LogP contribution in [0.4, 0.5) is 5.69 Å². The molecule has 96 valence electrons. The second kappa shape index (κ2) is 4.94. The lowest BCUT2D eigenvalue weighted by atomic mass is 10.2. The highest BCUT2D eigenvalue weighted by atomic mass is 35.5. The first kappa shape index (κ1) is 12.1. The van der Waals surface area contributed by atoms with Crippen LogP contribution in [-0.4, -0.2) is 9.97 Å². The van der Waals surface area contributed by atoms with E-state index in [1.165, 1.54) is 0 Å². The first-order valence-corrected chi connectivity index (χ1v) is 6.54. The molecule has 0 aliphatic heterocycles. The number of aromatic amines is 1. The summed E-state index contributed by atoms with van der Waals surface area (Å²) in [6.45, 7) is 2.66. The van der Waals surface area contributed by atoms with Crippen LogP contribution in [0.3, 0.4) is 0 Å². The van der Waals surface area contributed by atoms with E-state index >= 15 is 0 Å². The molecule has 3 aromatic rings. The van der Waals surface area contributed by atoms with E-state index in [1.807, 2.05) is 43.3 Å². The van der Waals surface area contributed by atoms with Crippen molar-refractivity contribution in [1.82, 2.24) is 9.97 Å². The van der Waals surface area contributed by atoms with Crippen LogP contribution in [-0.2, 0) is 6.54 Å². The zero-order valence-corrected chi connectivity index (χ0v) is 11.3. The van der Waals surface area contributed by atoms with Gasteiger partial charge in [0, 0.05) is 17.3 Å². The Balaban J connectivity index is 1.80. The fourth-order valence-corrected chi connectivity index (χ4v) is 2.29. The molecule has 2 N–H and O–H groups in total. The van der Waals surface area contributed by atoms with Gasteiger partial charge in [-0.25, -0.2) is 4.98 Å². The van der Waals surface area contributed by atoms with Crippen LogP contribution in [0.5, 0.6) is 0 Å². The van der Waals surface area contributed by atoms with Crippen molar-refractivity contribution in [3.8, 4) is 0 Å². The fourth-order valence-electron chi connectivity index (χ4n) is 2.09. The molecule has 0 atom stereocenters. The van der Waals surface area contributed by atoms with Crippen molar-refractivity contribution in [3.05, 3.63) is 58.9 Å². The number of anilines is 1. The highest BCUT2D eigenvalue weighted by Gasteiger charge is 2.02. The molecule has 0 aliphatic carbocycles. The van der Waals surface area contributed by atoms with Crippen LogP contribution >= 0.6 is 11.6 Å². The number of hydrogen-bond donors (Lipinski definition) is 2. The summed E-state index contributed by atoms with van der Waals surface area (Å²) in [6, 6.07) is 13.9. The minimum absolute atomic E-state index is 0.707. The molecule has 2 aromatic carbocycles. The maximum absolute atomic E-state index is 6.13. The van der Waals surface area contributed by atoms with Gasteiger partial charge in [0.25, 0.3) is 0 Å². The number of H-pyrrole nitrogens is 1. The first-order chi connectivity index (χ1) is 9.22. The number of nitrogens with zero attached hydrogens (tertiary/aromatic N) is 1. The van der Waals surface area contributed by atoms with E-state index in [0.717, 1.165) is 33.1 Å². The van der Waals surface area contributed by atoms with Crippen LogP contribution < -0.4 is 5.32 Å². The van der Waals surface area contributed by atoms with Crippen molar-refractivity contribution in [1.29, 1.82) is 0 Å². The highest BCUT2D eigenvalue weighted by molar-refractivity contribution is 6.31. The molecule has 0 saturated heterocycles. The number of hydrogen-bond acceptors (Lipinski definition) is 2. The van der Waals surface area contributed by atoms with Gasteiger partial charge >= 0.3 is 0 Å². The van der Waals surface area contributed by atoms with Crippen molar-refractivity contribution in [2.75, 3.05) is 5.32 Å². The zero-order valence-electron chi connectivity index (χ0n) is 10.6. The van der Waals surface area contributed by atoms with Crippen LogP contribution in [0.25, 0.3) is 11.0 Å². The van der Waals surface area contributed by atoms with E-state index in [4.69, 9.17) is 11.6 Å². The van der Waals surface area contributed by atoms with E-state index in [0.29, 0.717) is 6.54 Å². The van der Waals surface area contributed by atoms with Gasteiger partial charge in [0.2, 0.25) is 0 Å². The van der Waals surface area contributed by atoms with E-state index in [1.54, 1.807) is 0 Å². The Kier molecular flexibility index (Phi) is 3.13. The third kappa shape index (κ3) is 2.56. The van der Waals surface area contributed by atoms with Gasteiger partial charge < -0.3 is 10.3 Å².